The maximum Gasteiger partial charge on any atom is 0.0836 e. The number of aliphatic hydroxyl groups excluding tert-OH is 1. The summed E-state index contributed by atoms with van der Waals surface area (Å²) in [5.41, 5.74) is 0.0728. The fourth-order valence-electron chi connectivity index (χ4n) is 3.33. The van der Waals surface area contributed by atoms with Gasteiger partial charge in [-0.2, -0.15) is 0 Å². The van der Waals surface area contributed by atoms with Crippen LogP contribution in [0.3, 0.4) is 0 Å². The van der Waals surface area contributed by atoms with Crippen LogP contribution in [0.1, 0.15) is 39.0 Å². The summed E-state index contributed by atoms with van der Waals surface area (Å²) >= 11 is 0. The Hall–Kier alpha value is -0.160. The first-order valence-corrected chi connectivity index (χ1v) is 7.81. The Morgan fingerprint density at radius 1 is 1.37 bits per heavy atom. The van der Waals surface area contributed by atoms with Crippen LogP contribution in [0.2, 0.25) is 0 Å². The number of piperidine rings is 1. The van der Waals surface area contributed by atoms with Crippen molar-refractivity contribution >= 4 is 0 Å². The Morgan fingerprint density at radius 3 is 2.74 bits per heavy atom. The molecule has 1 N–H and O–H groups in total. The molecule has 3 rings (SSSR count). The van der Waals surface area contributed by atoms with Gasteiger partial charge in [0.2, 0.25) is 0 Å². The number of likely N-dealkylation sites (tertiary alicyclic amines) is 1. The molecule has 0 amide bonds. The van der Waals surface area contributed by atoms with Crippen LogP contribution in [0.5, 0.6) is 0 Å². The number of aliphatic hydroxyl groups is 1. The second kappa shape index (κ2) is 5.68. The molecule has 3 fully saturated rings. The van der Waals surface area contributed by atoms with E-state index in [2.05, 4.69) is 4.90 Å². The van der Waals surface area contributed by atoms with Crippen molar-refractivity contribution < 1.29 is 14.6 Å². The topological polar surface area (TPSA) is 41.9 Å². The number of β-amino-alcohol motifs (C(OH)–C–C–N with tert-alkyl or cyclic N) is 1. The lowest BCUT2D eigenvalue weighted by molar-refractivity contribution is -0.0500. The molecule has 2 atom stereocenters. The van der Waals surface area contributed by atoms with E-state index >= 15 is 0 Å². The fourth-order valence-corrected chi connectivity index (χ4v) is 3.33. The standard InChI is InChI=1S/C15H27NO3/c1-12(17)9-16-6-4-15(5-7-16)8-14(11-19-15)18-10-13-2-3-13/h12-14,17H,2-11H2,1H3/t12-,14+/m1/s1. The molecule has 2 aliphatic heterocycles. The average Bonchev–Trinajstić information content (AvgIpc) is 3.13. The van der Waals surface area contributed by atoms with E-state index < -0.39 is 0 Å². The van der Waals surface area contributed by atoms with E-state index in [1.54, 1.807) is 0 Å². The van der Waals surface area contributed by atoms with Crippen molar-refractivity contribution in [2.75, 3.05) is 32.8 Å². The maximum atomic E-state index is 9.44. The molecule has 0 radical (unpaired) electrons. The first-order valence-electron chi connectivity index (χ1n) is 7.81. The molecule has 2 saturated heterocycles. The lowest BCUT2D eigenvalue weighted by Crippen LogP contribution is -2.46. The first kappa shape index (κ1) is 13.8. The highest BCUT2D eigenvalue weighted by atomic mass is 16.6. The third-order valence-corrected chi connectivity index (χ3v) is 4.73. The minimum Gasteiger partial charge on any atom is -0.392 e. The smallest absolute Gasteiger partial charge is 0.0836 e. The second-order valence-corrected chi connectivity index (χ2v) is 6.75. The number of rotatable bonds is 5. The molecule has 0 bridgehead atoms. The summed E-state index contributed by atoms with van der Waals surface area (Å²) in [7, 11) is 0. The Morgan fingerprint density at radius 2 is 2.11 bits per heavy atom. The van der Waals surface area contributed by atoms with Gasteiger partial charge in [-0.3, -0.25) is 0 Å². The van der Waals surface area contributed by atoms with Crippen molar-refractivity contribution in [3.63, 3.8) is 0 Å². The molecule has 4 heteroatoms. The molecule has 2 heterocycles. The predicted octanol–water partition coefficient (Wildman–Crippen LogP) is 1.42. The third kappa shape index (κ3) is 3.69. The van der Waals surface area contributed by atoms with E-state index in [4.69, 9.17) is 9.47 Å². The van der Waals surface area contributed by atoms with Gasteiger partial charge in [-0.05, 0) is 38.5 Å². The highest BCUT2D eigenvalue weighted by Crippen LogP contribution is 2.38. The Bertz CT molecular complexity index is 296. The Labute approximate surface area is 116 Å². The van der Waals surface area contributed by atoms with Gasteiger partial charge >= 0.3 is 0 Å². The molecule has 110 valence electrons. The van der Waals surface area contributed by atoms with E-state index in [1.165, 1.54) is 12.8 Å². The van der Waals surface area contributed by atoms with Gasteiger partial charge in [0.15, 0.2) is 0 Å². The number of ether oxygens (including phenoxy) is 2. The van der Waals surface area contributed by atoms with E-state index in [1.807, 2.05) is 6.92 Å². The maximum absolute atomic E-state index is 9.44. The number of nitrogens with zero attached hydrogens (tertiary/aromatic N) is 1. The normalized spacial score (nSPS) is 32.8. The molecular weight excluding hydrogens is 242 g/mol. The van der Waals surface area contributed by atoms with Gasteiger partial charge in [-0.25, -0.2) is 0 Å². The van der Waals surface area contributed by atoms with Crippen molar-refractivity contribution in [1.82, 2.24) is 4.90 Å². The number of hydrogen-bond donors (Lipinski definition) is 1. The summed E-state index contributed by atoms with van der Waals surface area (Å²) < 4.78 is 12.1. The average molecular weight is 269 g/mol. The van der Waals surface area contributed by atoms with E-state index in [0.29, 0.717) is 6.10 Å². The van der Waals surface area contributed by atoms with E-state index in [-0.39, 0.29) is 11.7 Å². The van der Waals surface area contributed by atoms with E-state index in [0.717, 1.165) is 58.0 Å². The first-order chi connectivity index (χ1) is 9.15. The Balaban J connectivity index is 1.42. The summed E-state index contributed by atoms with van der Waals surface area (Å²) in [5, 5.41) is 9.44. The van der Waals surface area contributed by atoms with Gasteiger partial charge in [-0.1, -0.05) is 0 Å². The van der Waals surface area contributed by atoms with Gasteiger partial charge in [0, 0.05) is 32.7 Å². The van der Waals surface area contributed by atoms with E-state index in [9.17, 15) is 5.11 Å². The van der Waals surface area contributed by atoms with Gasteiger partial charge < -0.3 is 19.5 Å². The SMILES string of the molecule is C[C@@H](O)CN1CCC2(CC1)C[C@H](OCC1CC1)CO2. The summed E-state index contributed by atoms with van der Waals surface area (Å²) in [5.74, 6) is 0.837. The fraction of sp³-hybridized carbons (Fsp3) is 1.00. The molecule has 1 aliphatic carbocycles. The second-order valence-electron chi connectivity index (χ2n) is 6.75. The van der Waals surface area contributed by atoms with Crippen molar-refractivity contribution in [3.8, 4) is 0 Å². The monoisotopic (exact) mass is 269 g/mol. The van der Waals surface area contributed by atoms with Crippen molar-refractivity contribution in [2.24, 2.45) is 5.92 Å². The van der Waals surface area contributed by atoms with Crippen LogP contribution < -0.4 is 0 Å². The van der Waals surface area contributed by atoms with Crippen LogP contribution in [0.25, 0.3) is 0 Å². The molecule has 1 saturated carbocycles. The lowest BCUT2D eigenvalue weighted by atomic mass is 9.88. The molecule has 19 heavy (non-hydrogen) atoms. The minimum atomic E-state index is -0.229. The van der Waals surface area contributed by atoms with Crippen molar-refractivity contribution in [1.29, 1.82) is 0 Å². The zero-order valence-corrected chi connectivity index (χ0v) is 12.0. The van der Waals surface area contributed by atoms with Crippen molar-refractivity contribution in [3.05, 3.63) is 0 Å². The number of hydrogen-bond acceptors (Lipinski definition) is 4. The van der Waals surface area contributed by atoms with Gasteiger partial charge in [0.05, 0.1) is 24.4 Å². The highest BCUT2D eigenvalue weighted by Gasteiger charge is 2.43. The summed E-state index contributed by atoms with van der Waals surface area (Å²) in [4.78, 5) is 2.34. The molecule has 0 aromatic carbocycles. The zero-order chi connectivity index (χ0) is 13.3. The quantitative estimate of drug-likeness (QED) is 0.819. The third-order valence-electron chi connectivity index (χ3n) is 4.73. The van der Waals surface area contributed by atoms with Crippen LogP contribution in [-0.2, 0) is 9.47 Å². The summed E-state index contributed by atoms with van der Waals surface area (Å²) in [6.45, 7) is 6.46. The molecule has 0 aromatic heterocycles. The molecule has 0 unspecified atom stereocenters. The summed E-state index contributed by atoms with van der Waals surface area (Å²) in [6, 6.07) is 0. The van der Waals surface area contributed by atoms with Gasteiger partial charge in [-0.15, -0.1) is 0 Å². The van der Waals surface area contributed by atoms with Gasteiger partial charge in [0.25, 0.3) is 0 Å². The van der Waals surface area contributed by atoms with Gasteiger partial charge in [0.1, 0.15) is 0 Å². The zero-order valence-electron chi connectivity index (χ0n) is 12.0. The lowest BCUT2D eigenvalue weighted by Gasteiger charge is -2.39. The molecule has 4 nitrogen and oxygen atoms in total. The van der Waals surface area contributed by atoms with Crippen LogP contribution in [0.4, 0.5) is 0 Å². The molecular formula is C15H27NO3. The van der Waals surface area contributed by atoms with Crippen molar-refractivity contribution in [2.45, 2.75) is 56.8 Å². The van der Waals surface area contributed by atoms with Crippen LogP contribution in [0, 0.1) is 5.92 Å². The molecule has 0 aromatic rings. The predicted molar refractivity (Wildman–Crippen MR) is 73.1 cm³/mol. The minimum absolute atomic E-state index is 0.0728. The van der Waals surface area contributed by atoms with Crippen LogP contribution in [0.15, 0.2) is 0 Å². The highest BCUT2D eigenvalue weighted by molar-refractivity contribution is 4.94. The van der Waals surface area contributed by atoms with Crippen LogP contribution in [-0.4, -0.2) is 60.7 Å². The van der Waals surface area contributed by atoms with Crippen LogP contribution >= 0.6 is 0 Å². The summed E-state index contributed by atoms with van der Waals surface area (Å²) in [6.07, 6.45) is 6.05. The largest absolute Gasteiger partial charge is 0.392 e. The molecule has 3 aliphatic rings. The molecule has 1 spiro atoms. The Kier molecular flexibility index (Phi) is 4.13.